The summed E-state index contributed by atoms with van der Waals surface area (Å²) < 4.78 is 5.15. The van der Waals surface area contributed by atoms with Gasteiger partial charge in [0.15, 0.2) is 6.61 Å². The Morgan fingerprint density at radius 3 is 2.46 bits per heavy atom. The van der Waals surface area contributed by atoms with Crippen molar-refractivity contribution in [2.75, 3.05) is 6.61 Å². The zero-order valence-electron chi connectivity index (χ0n) is 14.1. The van der Waals surface area contributed by atoms with Gasteiger partial charge in [-0.3, -0.25) is 14.7 Å². The fourth-order valence-corrected chi connectivity index (χ4v) is 1.97. The largest absolute Gasteiger partial charge is 0.484 e. The van der Waals surface area contributed by atoms with Gasteiger partial charge < -0.3 is 15.8 Å². The van der Waals surface area contributed by atoms with Gasteiger partial charge in [-0.2, -0.15) is 5.10 Å². The summed E-state index contributed by atoms with van der Waals surface area (Å²) in [7, 11) is 0. The molecular formula is C17H22N4O3. The Labute approximate surface area is 140 Å². The molecule has 4 N–H and O–H groups in total. The Morgan fingerprint density at radius 2 is 1.92 bits per heavy atom. The molecule has 0 unspecified atom stereocenters. The molecule has 2 aromatic rings. The number of amides is 2. The lowest BCUT2D eigenvalue weighted by Crippen LogP contribution is -2.23. The van der Waals surface area contributed by atoms with Gasteiger partial charge in [0.1, 0.15) is 5.75 Å². The van der Waals surface area contributed by atoms with Crippen molar-refractivity contribution in [2.24, 2.45) is 5.73 Å². The molecule has 2 amide bonds. The molecule has 24 heavy (non-hydrogen) atoms. The Bertz CT molecular complexity index is 714. The molecule has 0 fully saturated rings. The highest BCUT2D eigenvalue weighted by molar-refractivity contribution is 5.94. The van der Waals surface area contributed by atoms with Crippen LogP contribution in [0.4, 0.5) is 0 Å². The topological polar surface area (TPSA) is 110 Å². The molecule has 0 aliphatic carbocycles. The Hall–Kier alpha value is -2.83. The van der Waals surface area contributed by atoms with E-state index in [1.807, 2.05) is 6.07 Å². The van der Waals surface area contributed by atoms with E-state index in [0.717, 1.165) is 11.4 Å². The van der Waals surface area contributed by atoms with E-state index in [4.69, 9.17) is 10.5 Å². The van der Waals surface area contributed by atoms with Crippen molar-refractivity contribution in [1.82, 2.24) is 15.5 Å². The molecule has 0 saturated carbocycles. The molecule has 0 spiro atoms. The predicted octanol–water partition coefficient (Wildman–Crippen LogP) is 1.50. The number of aromatic amines is 1. The lowest BCUT2D eigenvalue weighted by molar-refractivity contribution is -0.119. The highest BCUT2D eigenvalue weighted by Gasteiger charge is 2.17. The fourth-order valence-electron chi connectivity index (χ4n) is 1.97. The fraction of sp³-hybridized carbons (Fsp3) is 0.353. The van der Waals surface area contributed by atoms with Crippen LogP contribution in [0.2, 0.25) is 0 Å². The molecule has 7 nitrogen and oxygen atoms in total. The van der Waals surface area contributed by atoms with Crippen molar-refractivity contribution in [3.05, 3.63) is 47.3 Å². The molecule has 0 aliphatic rings. The van der Waals surface area contributed by atoms with Gasteiger partial charge in [-0.25, -0.2) is 0 Å². The second kappa shape index (κ2) is 7.16. The van der Waals surface area contributed by atoms with Gasteiger partial charge in [0.2, 0.25) is 0 Å². The smallest absolute Gasteiger partial charge is 0.255 e. The van der Waals surface area contributed by atoms with E-state index in [1.165, 1.54) is 0 Å². The maximum Gasteiger partial charge on any atom is 0.255 e. The number of hydrogen-bond acceptors (Lipinski definition) is 4. The van der Waals surface area contributed by atoms with E-state index in [1.54, 1.807) is 24.3 Å². The van der Waals surface area contributed by atoms with Crippen LogP contribution in [0.5, 0.6) is 5.75 Å². The summed E-state index contributed by atoms with van der Waals surface area (Å²) in [6.07, 6.45) is 0. The second-order valence-electron chi connectivity index (χ2n) is 6.49. The average molecular weight is 330 g/mol. The van der Waals surface area contributed by atoms with E-state index in [2.05, 4.69) is 36.3 Å². The first kappa shape index (κ1) is 17.5. The number of hydrogen-bond donors (Lipinski definition) is 3. The number of carbonyl (C=O) groups excluding carboxylic acids is 2. The molecule has 0 radical (unpaired) electrons. The monoisotopic (exact) mass is 330 g/mol. The molecule has 0 atom stereocenters. The lowest BCUT2D eigenvalue weighted by atomic mass is 9.92. The summed E-state index contributed by atoms with van der Waals surface area (Å²) in [6, 6.07) is 8.43. The number of carbonyl (C=O) groups is 2. The number of ether oxygens (including phenoxy) is 1. The zero-order valence-corrected chi connectivity index (χ0v) is 14.1. The number of benzene rings is 1. The van der Waals surface area contributed by atoms with Crippen LogP contribution in [0.15, 0.2) is 30.3 Å². The van der Waals surface area contributed by atoms with Gasteiger partial charge >= 0.3 is 0 Å². The number of nitrogens with zero attached hydrogens (tertiary/aromatic N) is 1. The van der Waals surface area contributed by atoms with Gasteiger partial charge in [0, 0.05) is 11.0 Å². The maximum atomic E-state index is 12.1. The van der Waals surface area contributed by atoms with Crippen LogP contribution in [0, 0.1) is 0 Å². The van der Waals surface area contributed by atoms with Crippen LogP contribution >= 0.6 is 0 Å². The number of nitrogens with two attached hydrogens (primary N) is 1. The van der Waals surface area contributed by atoms with Crippen LogP contribution in [-0.2, 0) is 16.8 Å². The quantitative estimate of drug-likeness (QED) is 0.745. The molecule has 0 saturated heterocycles. The van der Waals surface area contributed by atoms with E-state index in [9.17, 15) is 9.59 Å². The van der Waals surface area contributed by atoms with Crippen LogP contribution in [0.1, 0.15) is 42.5 Å². The SMILES string of the molecule is CC(C)(C)c1cc(CNC(=O)c2ccc(OCC(N)=O)cc2)[nH]n1. The summed E-state index contributed by atoms with van der Waals surface area (Å²) >= 11 is 0. The average Bonchev–Trinajstić information content (AvgIpc) is 3.00. The minimum atomic E-state index is -0.550. The summed E-state index contributed by atoms with van der Waals surface area (Å²) in [6.45, 7) is 6.40. The third kappa shape index (κ3) is 4.84. The number of rotatable bonds is 6. The van der Waals surface area contributed by atoms with E-state index in [-0.39, 0.29) is 17.9 Å². The minimum Gasteiger partial charge on any atom is -0.484 e. The summed E-state index contributed by atoms with van der Waals surface area (Å²) in [5.41, 5.74) is 7.25. The summed E-state index contributed by atoms with van der Waals surface area (Å²) in [5, 5.41) is 10.0. The van der Waals surface area contributed by atoms with E-state index >= 15 is 0 Å². The van der Waals surface area contributed by atoms with Gasteiger partial charge in [-0.15, -0.1) is 0 Å². The number of primary amides is 1. The van der Waals surface area contributed by atoms with Crippen molar-refractivity contribution in [3.63, 3.8) is 0 Å². The third-order valence-electron chi connectivity index (χ3n) is 3.34. The first-order chi connectivity index (χ1) is 11.3. The Balaban J connectivity index is 1.90. The minimum absolute atomic E-state index is 0.0422. The van der Waals surface area contributed by atoms with Crippen LogP contribution in [-0.4, -0.2) is 28.6 Å². The molecule has 0 bridgehead atoms. The second-order valence-corrected chi connectivity index (χ2v) is 6.49. The summed E-state index contributed by atoms with van der Waals surface area (Å²) in [4.78, 5) is 22.8. The Morgan fingerprint density at radius 1 is 1.25 bits per heavy atom. The molecule has 128 valence electrons. The van der Waals surface area contributed by atoms with Gasteiger partial charge in [0.25, 0.3) is 11.8 Å². The lowest BCUT2D eigenvalue weighted by Gasteiger charge is -2.13. The third-order valence-corrected chi connectivity index (χ3v) is 3.34. The van der Waals surface area contributed by atoms with Crippen molar-refractivity contribution >= 4 is 11.8 Å². The number of nitrogens with one attached hydrogen (secondary N) is 2. The standard InChI is InChI=1S/C17H22N4O3/c1-17(2,3)14-8-12(20-21-14)9-19-16(23)11-4-6-13(7-5-11)24-10-15(18)22/h4-8H,9-10H2,1-3H3,(H2,18,22)(H,19,23)(H,20,21). The van der Waals surface area contributed by atoms with Gasteiger partial charge in [-0.1, -0.05) is 20.8 Å². The van der Waals surface area contributed by atoms with Gasteiger partial charge in [-0.05, 0) is 30.3 Å². The number of aromatic nitrogens is 2. The van der Waals surface area contributed by atoms with Crippen molar-refractivity contribution in [1.29, 1.82) is 0 Å². The maximum absolute atomic E-state index is 12.1. The van der Waals surface area contributed by atoms with Crippen LogP contribution in [0.25, 0.3) is 0 Å². The molecule has 1 heterocycles. The number of H-pyrrole nitrogens is 1. The van der Waals surface area contributed by atoms with Crippen molar-refractivity contribution in [2.45, 2.75) is 32.7 Å². The normalized spacial score (nSPS) is 11.1. The highest BCUT2D eigenvalue weighted by Crippen LogP contribution is 2.20. The Kier molecular flexibility index (Phi) is 5.23. The van der Waals surface area contributed by atoms with Crippen LogP contribution < -0.4 is 15.8 Å². The van der Waals surface area contributed by atoms with Gasteiger partial charge in [0.05, 0.1) is 17.9 Å². The van der Waals surface area contributed by atoms with E-state index in [0.29, 0.717) is 17.9 Å². The molecular weight excluding hydrogens is 308 g/mol. The van der Waals surface area contributed by atoms with E-state index < -0.39 is 5.91 Å². The first-order valence-electron chi connectivity index (χ1n) is 7.60. The van der Waals surface area contributed by atoms with Crippen molar-refractivity contribution in [3.8, 4) is 5.75 Å². The molecule has 1 aromatic heterocycles. The van der Waals surface area contributed by atoms with Crippen molar-refractivity contribution < 1.29 is 14.3 Å². The predicted molar refractivity (Wildman–Crippen MR) is 89.6 cm³/mol. The van der Waals surface area contributed by atoms with Crippen LogP contribution in [0.3, 0.4) is 0 Å². The summed E-state index contributed by atoms with van der Waals surface area (Å²) in [5.74, 6) is -0.275. The molecule has 1 aromatic carbocycles. The molecule has 2 rings (SSSR count). The first-order valence-corrected chi connectivity index (χ1v) is 7.60. The molecule has 0 aliphatic heterocycles. The highest BCUT2D eigenvalue weighted by atomic mass is 16.5. The molecule has 7 heteroatoms. The zero-order chi connectivity index (χ0) is 17.7.